The lowest BCUT2D eigenvalue weighted by Gasteiger charge is -2.23. The van der Waals surface area contributed by atoms with Gasteiger partial charge < -0.3 is 10.2 Å². The molecule has 0 bridgehead atoms. The summed E-state index contributed by atoms with van der Waals surface area (Å²) in [5.41, 5.74) is 2.95. The van der Waals surface area contributed by atoms with Crippen molar-refractivity contribution in [3.05, 3.63) is 59.9 Å². The van der Waals surface area contributed by atoms with Crippen molar-refractivity contribution >= 4 is 17.5 Å². The van der Waals surface area contributed by atoms with Gasteiger partial charge in [-0.15, -0.1) is 0 Å². The molecular formula is C19H24N4O2. The van der Waals surface area contributed by atoms with Crippen molar-refractivity contribution < 1.29 is 9.59 Å². The van der Waals surface area contributed by atoms with E-state index in [9.17, 15) is 9.59 Å². The first-order valence-electron chi connectivity index (χ1n) is 8.35. The highest BCUT2D eigenvalue weighted by Crippen LogP contribution is 2.23. The van der Waals surface area contributed by atoms with Crippen LogP contribution < -0.4 is 10.2 Å². The third-order valence-electron chi connectivity index (χ3n) is 3.87. The minimum atomic E-state index is -0.208. The Kier molecular flexibility index (Phi) is 6.11. The summed E-state index contributed by atoms with van der Waals surface area (Å²) < 4.78 is 1.82. The van der Waals surface area contributed by atoms with Crippen LogP contribution in [0.1, 0.15) is 35.5 Å². The first-order chi connectivity index (χ1) is 12.0. The van der Waals surface area contributed by atoms with Crippen molar-refractivity contribution in [1.82, 2.24) is 15.1 Å². The van der Waals surface area contributed by atoms with E-state index >= 15 is 0 Å². The molecule has 0 radical (unpaired) electrons. The van der Waals surface area contributed by atoms with Gasteiger partial charge in [0.15, 0.2) is 0 Å². The quantitative estimate of drug-likeness (QED) is 0.788. The first kappa shape index (κ1) is 18.4. The van der Waals surface area contributed by atoms with Crippen LogP contribution in [0.3, 0.4) is 0 Å². The average Bonchev–Trinajstić information content (AvgIpc) is 3.07. The van der Waals surface area contributed by atoms with E-state index < -0.39 is 0 Å². The van der Waals surface area contributed by atoms with Crippen molar-refractivity contribution in [2.75, 3.05) is 11.4 Å². The number of benzene rings is 1. The number of nitrogens with one attached hydrogen (secondary N) is 1. The number of carbonyl (C=O) groups is 2. The summed E-state index contributed by atoms with van der Waals surface area (Å²) in [5, 5.41) is 7.21. The zero-order valence-corrected chi connectivity index (χ0v) is 15.0. The molecule has 0 saturated heterocycles. The maximum Gasteiger partial charge on any atom is 0.251 e. The van der Waals surface area contributed by atoms with E-state index in [1.54, 1.807) is 23.1 Å². The lowest BCUT2D eigenvalue weighted by atomic mass is 10.1. The van der Waals surface area contributed by atoms with Crippen LogP contribution in [0.2, 0.25) is 0 Å². The van der Waals surface area contributed by atoms with Crippen molar-refractivity contribution in [3.8, 4) is 0 Å². The molecule has 1 N–H and O–H groups in total. The Morgan fingerprint density at radius 2 is 2.08 bits per heavy atom. The molecule has 132 valence electrons. The summed E-state index contributed by atoms with van der Waals surface area (Å²) in [5.74, 6) is -0.333. The van der Waals surface area contributed by atoms with Gasteiger partial charge in [-0.05, 0) is 56.7 Å². The Labute approximate surface area is 148 Å². The minimum Gasteiger partial charge on any atom is -0.352 e. The summed E-state index contributed by atoms with van der Waals surface area (Å²) >= 11 is 0. The topological polar surface area (TPSA) is 67.2 Å². The Hall–Kier alpha value is -2.89. The van der Waals surface area contributed by atoms with Crippen LogP contribution >= 0.6 is 0 Å². The van der Waals surface area contributed by atoms with Crippen LogP contribution in [0.25, 0.3) is 0 Å². The summed E-state index contributed by atoms with van der Waals surface area (Å²) in [6.45, 7) is 11.0. The van der Waals surface area contributed by atoms with Gasteiger partial charge in [-0.3, -0.25) is 14.3 Å². The fraction of sp³-hybridized carbons (Fsp3) is 0.316. The number of hydrogen-bond acceptors (Lipinski definition) is 3. The molecule has 6 heteroatoms. The Balaban J connectivity index is 2.32. The van der Waals surface area contributed by atoms with E-state index in [1.165, 1.54) is 6.08 Å². The number of hydrogen-bond donors (Lipinski definition) is 1. The zero-order valence-electron chi connectivity index (χ0n) is 15.0. The highest BCUT2D eigenvalue weighted by Gasteiger charge is 2.18. The van der Waals surface area contributed by atoms with E-state index in [-0.39, 0.29) is 11.8 Å². The highest BCUT2D eigenvalue weighted by atomic mass is 16.2. The lowest BCUT2D eigenvalue weighted by molar-refractivity contribution is -0.114. The van der Waals surface area contributed by atoms with Gasteiger partial charge in [-0.2, -0.15) is 5.10 Å². The number of aryl methyl sites for hydroxylation is 2. The van der Waals surface area contributed by atoms with Gasteiger partial charge in [0.25, 0.3) is 11.8 Å². The molecule has 0 aliphatic rings. The first-order valence-corrected chi connectivity index (χ1v) is 8.35. The maximum absolute atomic E-state index is 12.4. The largest absolute Gasteiger partial charge is 0.352 e. The summed E-state index contributed by atoms with van der Waals surface area (Å²) in [4.78, 5) is 26.0. The van der Waals surface area contributed by atoms with Crippen molar-refractivity contribution in [2.24, 2.45) is 0 Å². The van der Waals surface area contributed by atoms with Crippen LogP contribution in [0, 0.1) is 6.92 Å². The van der Waals surface area contributed by atoms with Crippen LogP contribution in [-0.4, -0.2) is 28.1 Å². The molecular weight excluding hydrogens is 316 g/mol. The van der Waals surface area contributed by atoms with E-state index in [0.29, 0.717) is 18.7 Å². The molecule has 0 aliphatic heterocycles. The number of rotatable bonds is 7. The number of nitrogens with zero attached hydrogens (tertiary/aromatic N) is 3. The minimum absolute atomic E-state index is 0.125. The normalized spacial score (nSPS) is 10.4. The molecule has 0 aliphatic carbocycles. The molecule has 6 nitrogen and oxygen atoms in total. The maximum atomic E-state index is 12.4. The smallest absolute Gasteiger partial charge is 0.251 e. The lowest BCUT2D eigenvalue weighted by Crippen LogP contribution is -2.30. The molecule has 0 fully saturated rings. The van der Waals surface area contributed by atoms with Gasteiger partial charge in [0.2, 0.25) is 0 Å². The second-order valence-electron chi connectivity index (χ2n) is 5.65. The molecule has 1 aromatic carbocycles. The number of anilines is 1. The second-order valence-corrected chi connectivity index (χ2v) is 5.65. The van der Waals surface area contributed by atoms with Crippen LogP contribution in [-0.2, 0) is 17.9 Å². The van der Waals surface area contributed by atoms with Gasteiger partial charge >= 0.3 is 0 Å². The van der Waals surface area contributed by atoms with E-state index in [1.807, 2.05) is 37.7 Å². The number of carbonyl (C=O) groups excluding carboxylic acids is 2. The van der Waals surface area contributed by atoms with Gasteiger partial charge in [-0.25, -0.2) is 0 Å². The van der Waals surface area contributed by atoms with Crippen LogP contribution in [0.5, 0.6) is 0 Å². The zero-order chi connectivity index (χ0) is 18.4. The van der Waals surface area contributed by atoms with E-state index in [0.717, 1.165) is 23.5 Å². The van der Waals surface area contributed by atoms with Crippen molar-refractivity contribution in [1.29, 1.82) is 0 Å². The molecule has 25 heavy (non-hydrogen) atoms. The standard InChI is InChI=1S/C19H24N4O2/c1-5-18(24)23(13-16-10-11-22(7-3)21-16)17-9-8-15(12-14(17)4)19(25)20-6-2/h5,8-12H,1,6-7,13H2,2-4H3,(H,20,25). The molecule has 0 unspecified atom stereocenters. The molecule has 2 aromatic rings. The molecule has 0 atom stereocenters. The van der Waals surface area contributed by atoms with Gasteiger partial charge in [-0.1, -0.05) is 6.58 Å². The fourth-order valence-corrected chi connectivity index (χ4v) is 2.58. The molecule has 0 spiro atoms. The molecule has 0 saturated carbocycles. The fourth-order valence-electron chi connectivity index (χ4n) is 2.58. The van der Waals surface area contributed by atoms with Crippen LogP contribution in [0.15, 0.2) is 43.1 Å². The Morgan fingerprint density at radius 1 is 1.32 bits per heavy atom. The third-order valence-corrected chi connectivity index (χ3v) is 3.87. The molecule has 1 heterocycles. The van der Waals surface area contributed by atoms with Gasteiger partial charge in [0.1, 0.15) is 0 Å². The van der Waals surface area contributed by atoms with E-state index in [4.69, 9.17) is 0 Å². The second kappa shape index (κ2) is 8.28. The summed E-state index contributed by atoms with van der Waals surface area (Å²) in [7, 11) is 0. The van der Waals surface area contributed by atoms with Crippen LogP contribution in [0.4, 0.5) is 5.69 Å². The highest BCUT2D eigenvalue weighted by molar-refractivity contribution is 6.02. The SMILES string of the molecule is C=CC(=O)N(Cc1ccn(CC)n1)c1ccc(C(=O)NCC)cc1C. The Morgan fingerprint density at radius 3 is 2.64 bits per heavy atom. The number of aromatic nitrogens is 2. The van der Waals surface area contributed by atoms with Gasteiger partial charge in [0.05, 0.1) is 12.2 Å². The monoisotopic (exact) mass is 340 g/mol. The van der Waals surface area contributed by atoms with E-state index in [2.05, 4.69) is 17.0 Å². The van der Waals surface area contributed by atoms with Crippen molar-refractivity contribution in [2.45, 2.75) is 33.9 Å². The molecule has 2 rings (SSSR count). The van der Waals surface area contributed by atoms with Gasteiger partial charge in [0, 0.05) is 30.5 Å². The molecule has 2 amide bonds. The Bertz CT molecular complexity index is 779. The third kappa shape index (κ3) is 4.35. The average molecular weight is 340 g/mol. The summed E-state index contributed by atoms with van der Waals surface area (Å²) in [6.07, 6.45) is 3.17. The predicted octanol–water partition coefficient (Wildman–Crippen LogP) is 2.68. The molecule has 1 aromatic heterocycles. The van der Waals surface area contributed by atoms with Crippen molar-refractivity contribution in [3.63, 3.8) is 0 Å². The summed E-state index contributed by atoms with van der Waals surface area (Å²) in [6, 6.07) is 7.19. The number of amides is 2. The predicted molar refractivity (Wildman–Crippen MR) is 98.5 cm³/mol.